The van der Waals surface area contributed by atoms with Crippen molar-refractivity contribution >= 4 is 11.9 Å². The Bertz CT molecular complexity index is 323. The van der Waals surface area contributed by atoms with Gasteiger partial charge in [0.2, 0.25) is 5.91 Å². The molecule has 0 radical (unpaired) electrons. The van der Waals surface area contributed by atoms with E-state index in [0.29, 0.717) is 13.0 Å². The molecule has 4 nitrogen and oxygen atoms in total. The lowest BCUT2D eigenvalue weighted by molar-refractivity contribution is -0.158. The lowest BCUT2D eigenvalue weighted by atomic mass is 9.96. The zero-order valence-corrected chi connectivity index (χ0v) is 11.9. The van der Waals surface area contributed by atoms with Crippen molar-refractivity contribution in [1.82, 2.24) is 4.90 Å². The lowest BCUT2D eigenvalue weighted by Crippen LogP contribution is -2.43. The van der Waals surface area contributed by atoms with Gasteiger partial charge in [0.05, 0.1) is 5.92 Å². The number of nitrogens with zero attached hydrogens (tertiary/aromatic N) is 1. The molecule has 1 atom stereocenters. The Kier molecular flexibility index (Phi) is 5.23. The van der Waals surface area contributed by atoms with E-state index in [0.717, 1.165) is 32.2 Å². The van der Waals surface area contributed by atoms with Crippen LogP contribution in [0.3, 0.4) is 0 Å². The number of likely N-dealkylation sites (tertiary alicyclic amines) is 1. The largest absolute Gasteiger partial charge is 0.462 e. The number of hydrogen-bond donors (Lipinski definition) is 0. The van der Waals surface area contributed by atoms with Crippen molar-refractivity contribution in [3.05, 3.63) is 0 Å². The van der Waals surface area contributed by atoms with Crippen LogP contribution in [-0.2, 0) is 14.3 Å². The van der Waals surface area contributed by atoms with E-state index in [2.05, 4.69) is 0 Å². The summed E-state index contributed by atoms with van der Waals surface area (Å²) in [6.07, 6.45) is 8.03. The van der Waals surface area contributed by atoms with Crippen LogP contribution < -0.4 is 0 Å². The minimum atomic E-state index is -0.105. The van der Waals surface area contributed by atoms with Gasteiger partial charge in [0.1, 0.15) is 6.10 Å². The van der Waals surface area contributed by atoms with Gasteiger partial charge in [-0.2, -0.15) is 0 Å². The molecule has 0 spiro atoms. The third-order valence-electron chi connectivity index (χ3n) is 4.24. The first-order valence-electron chi connectivity index (χ1n) is 7.69. The highest BCUT2D eigenvalue weighted by Crippen LogP contribution is 2.24. The van der Waals surface area contributed by atoms with Crippen molar-refractivity contribution in [1.29, 1.82) is 0 Å². The number of ether oxygens (including phenoxy) is 1. The number of piperidine rings is 1. The number of carbonyl (C=O) groups excluding carboxylic acids is 2. The van der Waals surface area contributed by atoms with Gasteiger partial charge in [0, 0.05) is 19.5 Å². The van der Waals surface area contributed by atoms with Crippen LogP contribution >= 0.6 is 0 Å². The summed E-state index contributed by atoms with van der Waals surface area (Å²) in [6, 6.07) is 0. The van der Waals surface area contributed by atoms with E-state index in [1.807, 2.05) is 11.8 Å². The van der Waals surface area contributed by atoms with Crippen molar-refractivity contribution in [2.45, 2.75) is 64.4 Å². The molecule has 0 N–H and O–H groups in total. The van der Waals surface area contributed by atoms with E-state index in [9.17, 15) is 9.59 Å². The third-order valence-corrected chi connectivity index (χ3v) is 4.24. The Labute approximate surface area is 115 Å². The summed E-state index contributed by atoms with van der Waals surface area (Å²) in [4.78, 5) is 25.7. The Morgan fingerprint density at radius 3 is 2.53 bits per heavy atom. The second kappa shape index (κ2) is 6.92. The van der Waals surface area contributed by atoms with Gasteiger partial charge in [-0.15, -0.1) is 0 Å². The molecule has 2 rings (SSSR count). The maximum atomic E-state index is 12.2. The number of carbonyl (C=O) groups is 2. The van der Waals surface area contributed by atoms with Gasteiger partial charge in [-0.1, -0.05) is 13.3 Å². The van der Waals surface area contributed by atoms with Crippen molar-refractivity contribution in [2.24, 2.45) is 5.92 Å². The van der Waals surface area contributed by atoms with Crippen LogP contribution in [0.15, 0.2) is 0 Å². The summed E-state index contributed by atoms with van der Waals surface area (Å²) < 4.78 is 5.62. The van der Waals surface area contributed by atoms with Crippen LogP contribution in [0.25, 0.3) is 0 Å². The van der Waals surface area contributed by atoms with Crippen LogP contribution in [0.4, 0.5) is 0 Å². The quantitative estimate of drug-likeness (QED) is 0.738. The molecule has 1 aliphatic heterocycles. The van der Waals surface area contributed by atoms with Crippen molar-refractivity contribution < 1.29 is 14.3 Å². The highest BCUT2D eigenvalue weighted by Gasteiger charge is 2.30. The summed E-state index contributed by atoms with van der Waals surface area (Å²) in [5.41, 5.74) is 0. The van der Waals surface area contributed by atoms with E-state index >= 15 is 0 Å². The second-order valence-electron chi connectivity index (χ2n) is 5.73. The fourth-order valence-corrected chi connectivity index (χ4v) is 3.06. The van der Waals surface area contributed by atoms with E-state index in [1.54, 1.807) is 0 Å². The summed E-state index contributed by atoms with van der Waals surface area (Å²) >= 11 is 0. The average molecular weight is 267 g/mol. The number of rotatable bonds is 3. The molecule has 2 aliphatic rings. The molecule has 1 saturated heterocycles. The molecule has 108 valence electrons. The van der Waals surface area contributed by atoms with Crippen LogP contribution in [0.2, 0.25) is 0 Å². The predicted octanol–water partition coefficient (Wildman–Crippen LogP) is 2.51. The highest BCUT2D eigenvalue weighted by atomic mass is 16.5. The molecule has 0 unspecified atom stereocenters. The third kappa shape index (κ3) is 3.95. The maximum absolute atomic E-state index is 12.2. The first-order valence-corrected chi connectivity index (χ1v) is 7.69. The van der Waals surface area contributed by atoms with E-state index in [1.165, 1.54) is 19.3 Å². The number of hydrogen-bond acceptors (Lipinski definition) is 3. The van der Waals surface area contributed by atoms with E-state index < -0.39 is 0 Å². The van der Waals surface area contributed by atoms with Gasteiger partial charge < -0.3 is 9.64 Å². The highest BCUT2D eigenvalue weighted by molar-refractivity contribution is 5.78. The molecule has 4 heteroatoms. The lowest BCUT2D eigenvalue weighted by Gasteiger charge is -2.32. The predicted molar refractivity (Wildman–Crippen MR) is 72.6 cm³/mol. The Hall–Kier alpha value is -1.06. The Balaban J connectivity index is 1.82. The second-order valence-corrected chi connectivity index (χ2v) is 5.73. The fraction of sp³-hybridized carbons (Fsp3) is 0.867. The molecule has 2 fully saturated rings. The standard InChI is InChI=1S/C15H25NO3/c1-2-14(17)16-10-6-7-12(11-16)15(18)19-13-8-4-3-5-9-13/h12-13H,2-11H2,1H3/t12-/m1/s1. The maximum Gasteiger partial charge on any atom is 0.311 e. The minimum absolute atomic E-state index is 0.0829. The summed E-state index contributed by atoms with van der Waals surface area (Å²) in [5.74, 6) is -0.0400. The molecular weight excluding hydrogens is 242 g/mol. The average Bonchev–Trinajstić information content (AvgIpc) is 2.47. The minimum Gasteiger partial charge on any atom is -0.462 e. The summed E-state index contributed by atoms with van der Waals surface area (Å²) in [7, 11) is 0. The fourth-order valence-electron chi connectivity index (χ4n) is 3.06. The van der Waals surface area contributed by atoms with Gasteiger partial charge in [0.25, 0.3) is 0 Å². The molecule has 0 bridgehead atoms. The van der Waals surface area contributed by atoms with Crippen LogP contribution in [0, 0.1) is 5.92 Å². The smallest absolute Gasteiger partial charge is 0.311 e. The van der Waals surface area contributed by atoms with Gasteiger partial charge in [-0.3, -0.25) is 9.59 Å². The zero-order valence-electron chi connectivity index (χ0n) is 11.9. The molecule has 0 aromatic carbocycles. The molecule has 1 heterocycles. The summed E-state index contributed by atoms with van der Waals surface area (Å²) in [5, 5.41) is 0. The van der Waals surface area contributed by atoms with E-state index in [-0.39, 0.29) is 23.9 Å². The van der Waals surface area contributed by atoms with Crippen molar-refractivity contribution in [2.75, 3.05) is 13.1 Å². The van der Waals surface area contributed by atoms with Crippen LogP contribution in [0.1, 0.15) is 58.3 Å². The van der Waals surface area contributed by atoms with Gasteiger partial charge >= 0.3 is 5.97 Å². The summed E-state index contributed by atoms with van der Waals surface area (Å²) in [6.45, 7) is 3.21. The molecular formula is C15H25NO3. The Morgan fingerprint density at radius 2 is 1.84 bits per heavy atom. The monoisotopic (exact) mass is 267 g/mol. The van der Waals surface area contributed by atoms with Gasteiger partial charge in [0.15, 0.2) is 0 Å². The molecule has 1 aliphatic carbocycles. The topological polar surface area (TPSA) is 46.6 Å². The SMILES string of the molecule is CCC(=O)N1CCC[C@@H](C(=O)OC2CCCCC2)C1. The molecule has 1 amide bonds. The van der Waals surface area contributed by atoms with Crippen molar-refractivity contribution in [3.8, 4) is 0 Å². The molecule has 0 aromatic rings. The zero-order chi connectivity index (χ0) is 13.7. The van der Waals surface area contributed by atoms with E-state index in [4.69, 9.17) is 4.74 Å². The van der Waals surface area contributed by atoms with Crippen molar-refractivity contribution in [3.63, 3.8) is 0 Å². The Morgan fingerprint density at radius 1 is 1.11 bits per heavy atom. The van der Waals surface area contributed by atoms with Crippen LogP contribution in [0.5, 0.6) is 0 Å². The first kappa shape index (κ1) is 14.4. The van der Waals surface area contributed by atoms with Gasteiger partial charge in [-0.25, -0.2) is 0 Å². The molecule has 19 heavy (non-hydrogen) atoms. The van der Waals surface area contributed by atoms with Gasteiger partial charge in [-0.05, 0) is 38.5 Å². The first-order chi connectivity index (χ1) is 9.20. The molecule has 0 aromatic heterocycles. The molecule has 1 saturated carbocycles. The normalized spacial score (nSPS) is 25.1. The van der Waals surface area contributed by atoms with Crippen LogP contribution in [-0.4, -0.2) is 36.0 Å². The number of amides is 1. The number of esters is 1.